The van der Waals surface area contributed by atoms with E-state index in [1.54, 1.807) is 161 Å². The molecule has 0 aliphatic carbocycles. The van der Waals surface area contributed by atoms with Gasteiger partial charge in [-0.05, 0) is 173 Å². The number of amides is 1. The fraction of sp³-hybridized carbons (Fsp3) is 0.126. The number of carbonyl (C=O) groups is 4. The van der Waals surface area contributed by atoms with Gasteiger partial charge in [-0.3, -0.25) is 19.2 Å². The molecule has 112 heavy (non-hydrogen) atoms. The minimum absolute atomic E-state index is 0.0104. The molecule has 0 unspecified atom stereocenters. The number of pyridine rings is 4. The molecular weight excluding hydrogens is 1430 g/mol. The largest absolute Gasteiger partial charge is 0.489 e. The van der Waals surface area contributed by atoms with Crippen molar-refractivity contribution in [3.05, 3.63) is 383 Å². The van der Waals surface area contributed by atoms with Gasteiger partial charge in [0.1, 0.15) is 85.3 Å². The average Bonchev–Trinajstić information content (AvgIpc) is 1.71. The van der Waals surface area contributed by atoms with Gasteiger partial charge in [-0.1, -0.05) is 121 Å². The van der Waals surface area contributed by atoms with Gasteiger partial charge in [0.2, 0.25) is 0 Å². The Morgan fingerprint density at radius 1 is 0.393 bits per heavy atom. The number of fused-ring (bicyclic) bond motifs is 4. The summed E-state index contributed by atoms with van der Waals surface area (Å²) in [6, 6.07) is 70.1. The Labute approximate surface area is 639 Å². The average molecular weight is 1500 g/mol. The Kier molecular flexibility index (Phi) is 25.4. The van der Waals surface area contributed by atoms with Gasteiger partial charge in [0.05, 0.1) is 29.2 Å². The third-order valence-corrected chi connectivity index (χ3v) is 17.8. The Bertz CT molecular complexity index is 5570. The molecule has 0 spiro atoms. The number of nitrogens with zero attached hydrogens (tertiary/aromatic N) is 12. The number of imidazole rings is 1. The molecule has 0 fully saturated rings. The van der Waals surface area contributed by atoms with Crippen LogP contribution in [0.25, 0.3) is 22.5 Å². The number of rotatable bonds is 27. The number of carbonyl (C=O) groups excluding carboxylic acids is 4. The molecular formula is C87H71F4N13O8. The number of hydrogen-bond donors (Lipinski definition) is 1. The van der Waals surface area contributed by atoms with Crippen molar-refractivity contribution < 1.29 is 55.7 Å². The fourth-order valence-corrected chi connectivity index (χ4v) is 11.8. The van der Waals surface area contributed by atoms with Crippen molar-refractivity contribution in [3.63, 3.8) is 0 Å². The molecule has 21 nitrogen and oxygen atoms in total. The molecule has 1 amide bonds. The number of halogens is 4. The first-order valence-corrected chi connectivity index (χ1v) is 35.6. The molecule has 0 bridgehead atoms. The molecule has 560 valence electrons. The molecule has 0 saturated heterocycles. The number of benzene rings is 8. The first kappa shape index (κ1) is 75.9. The summed E-state index contributed by atoms with van der Waals surface area (Å²) in [6.07, 6.45) is 16.2. The van der Waals surface area contributed by atoms with E-state index in [2.05, 4.69) is 46.0 Å². The van der Waals surface area contributed by atoms with Crippen molar-refractivity contribution in [3.8, 4) is 23.0 Å². The lowest BCUT2D eigenvalue weighted by atomic mass is 10.0. The summed E-state index contributed by atoms with van der Waals surface area (Å²) < 4.78 is 84.1. The molecule has 16 rings (SSSR count). The highest BCUT2D eigenvalue weighted by molar-refractivity contribution is 6.01. The van der Waals surface area contributed by atoms with Gasteiger partial charge in [0, 0.05) is 84.0 Å². The van der Waals surface area contributed by atoms with Crippen LogP contribution in [0.15, 0.2) is 293 Å². The van der Waals surface area contributed by atoms with Crippen LogP contribution >= 0.6 is 0 Å². The second-order valence-corrected chi connectivity index (χ2v) is 25.5. The monoisotopic (exact) mass is 1500 g/mol. The van der Waals surface area contributed by atoms with Crippen LogP contribution < -0.4 is 24.3 Å². The van der Waals surface area contributed by atoms with Gasteiger partial charge >= 0.3 is 0 Å². The molecule has 0 atom stereocenters. The van der Waals surface area contributed by atoms with E-state index in [9.17, 15) is 36.7 Å². The van der Waals surface area contributed by atoms with Gasteiger partial charge in [0.25, 0.3) is 5.91 Å². The first-order chi connectivity index (χ1) is 54.8. The number of nitrogens with one attached hydrogen (secondary N) is 1. The molecule has 8 heterocycles. The maximum Gasteiger partial charge on any atom is 0.255 e. The molecule has 0 saturated carbocycles. The lowest BCUT2D eigenvalue weighted by Gasteiger charge is -2.10. The SMILES string of the molecule is O=C(CCc1cccc(OCc2ccccc2F)c1)c1cccn2ncnc12.O=C(CCc1cccc(OCc2ccccc2F)c1)c1ccn2cncc2c1.O=C(CCc1cccc(OCc2ccccc2F)c1)c1ccn2ncnc2c1.O=C(NCc1cccc(OCc2ccccc2F)c1)c1cccn2nnnc12. The summed E-state index contributed by atoms with van der Waals surface area (Å²) in [5.74, 6) is 1.26. The van der Waals surface area contributed by atoms with Gasteiger partial charge < -0.3 is 28.7 Å². The Balaban J connectivity index is 0.000000131. The number of aromatic nitrogens is 12. The third kappa shape index (κ3) is 20.7. The van der Waals surface area contributed by atoms with Crippen molar-refractivity contribution in [1.29, 1.82) is 0 Å². The van der Waals surface area contributed by atoms with Gasteiger partial charge in [0.15, 0.2) is 34.3 Å². The van der Waals surface area contributed by atoms with E-state index >= 15 is 0 Å². The van der Waals surface area contributed by atoms with E-state index in [-0.39, 0.29) is 73.0 Å². The first-order valence-electron chi connectivity index (χ1n) is 35.6. The maximum absolute atomic E-state index is 13.7. The summed E-state index contributed by atoms with van der Waals surface area (Å²) in [7, 11) is 0. The van der Waals surface area contributed by atoms with E-state index in [4.69, 9.17) is 18.9 Å². The molecule has 16 aromatic rings. The minimum atomic E-state index is -0.303. The second-order valence-electron chi connectivity index (χ2n) is 25.5. The van der Waals surface area contributed by atoms with E-state index < -0.39 is 0 Å². The summed E-state index contributed by atoms with van der Waals surface area (Å²) in [4.78, 5) is 62.4. The molecule has 1 N–H and O–H groups in total. The van der Waals surface area contributed by atoms with Gasteiger partial charge in [-0.2, -0.15) is 14.7 Å². The van der Waals surface area contributed by atoms with Crippen molar-refractivity contribution in [2.45, 2.75) is 71.5 Å². The lowest BCUT2D eigenvalue weighted by Crippen LogP contribution is -2.23. The zero-order chi connectivity index (χ0) is 77.4. The predicted molar refractivity (Wildman–Crippen MR) is 410 cm³/mol. The standard InChI is InChI=1S/C23H19FN2O2.2C22H18FN3O2.C20H16FN5O2/c24-22-7-2-1-5-19(22)15-28-21-6-3-4-17(12-21)8-9-23(27)18-10-11-26-16-25-14-20(26)13-18;23-20-9-2-1-6-17(20)14-28-18-7-3-5-16(13-18)10-11-21(27)19-8-4-12-26-22(19)24-15-25-26;23-20-7-2-1-5-18(20)14-28-19-6-3-4-16(12-19)8-9-21(27)17-10-11-26-22(13-17)24-15-25-26;21-18-9-2-1-6-15(18)13-28-16-7-3-5-14(11-16)12-22-20(27)17-8-4-10-26-19(17)23-24-25-26/h1-7,10-14,16H,8-9,15H2;1-9,12-13,15H,10-11,14H2;1-7,10-13,15H,8-9,14H2;1-11H,12-13H2,(H,22,27). The zero-order valence-electron chi connectivity index (χ0n) is 60.1. The van der Waals surface area contributed by atoms with E-state index in [0.29, 0.717) is 130 Å². The number of Topliss-reactive ketones (excluding diaryl/α,β-unsaturated/α-hetero) is 3. The minimum Gasteiger partial charge on any atom is -0.489 e. The Hall–Kier alpha value is -14.4. The van der Waals surface area contributed by atoms with Crippen LogP contribution in [0.5, 0.6) is 23.0 Å². The quantitative estimate of drug-likeness (QED) is 0.0372. The smallest absolute Gasteiger partial charge is 0.255 e. The van der Waals surface area contributed by atoms with Crippen LogP contribution in [-0.2, 0) is 52.2 Å². The van der Waals surface area contributed by atoms with Crippen LogP contribution in [0.3, 0.4) is 0 Å². The molecule has 25 heteroatoms. The van der Waals surface area contributed by atoms with E-state index in [0.717, 1.165) is 27.8 Å². The van der Waals surface area contributed by atoms with E-state index in [1.807, 2.05) is 108 Å². The molecule has 0 aliphatic rings. The highest BCUT2D eigenvalue weighted by Gasteiger charge is 2.17. The van der Waals surface area contributed by atoms with Crippen LogP contribution in [0.1, 0.15) is 105 Å². The predicted octanol–water partition coefficient (Wildman–Crippen LogP) is 16.2. The van der Waals surface area contributed by atoms with Crippen molar-refractivity contribution in [1.82, 2.24) is 63.9 Å². The van der Waals surface area contributed by atoms with Crippen LogP contribution in [0.4, 0.5) is 17.6 Å². The maximum atomic E-state index is 13.7. The highest BCUT2D eigenvalue weighted by atomic mass is 19.1. The Morgan fingerprint density at radius 3 is 1.37 bits per heavy atom. The number of tetrazole rings is 1. The molecule has 8 aromatic carbocycles. The van der Waals surface area contributed by atoms with Crippen LogP contribution in [0, 0.1) is 23.3 Å². The summed E-state index contributed by atoms with van der Waals surface area (Å²) in [5.41, 5.74) is 10.6. The lowest BCUT2D eigenvalue weighted by molar-refractivity contribution is 0.0948. The number of hydrogen-bond acceptors (Lipinski definition) is 16. The summed E-state index contributed by atoms with van der Waals surface area (Å²) in [6.45, 7) is 0.917. The molecule has 0 aliphatic heterocycles. The van der Waals surface area contributed by atoms with Crippen molar-refractivity contribution in [2.24, 2.45) is 0 Å². The summed E-state index contributed by atoms with van der Waals surface area (Å²) >= 11 is 0. The fourth-order valence-electron chi connectivity index (χ4n) is 11.8. The van der Waals surface area contributed by atoms with Crippen molar-refractivity contribution in [2.75, 3.05) is 0 Å². The van der Waals surface area contributed by atoms with Gasteiger partial charge in [-0.25, -0.2) is 41.5 Å². The highest BCUT2D eigenvalue weighted by Crippen LogP contribution is 2.25. The zero-order valence-corrected chi connectivity index (χ0v) is 60.1. The topological polar surface area (TPSA) is 238 Å². The summed E-state index contributed by atoms with van der Waals surface area (Å²) in [5, 5.41) is 22.1. The number of ether oxygens (including phenoxy) is 4. The van der Waals surface area contributed by atoms with Crippen LogP contribution in [0.2, 0.25) is 0 Å². The Morgan fingerprint density at radius 2 is 0.839 bits per heavy atom. The van der Waals surface area contributed by atoms with Crippen molar-refractivity contribution >= 4 is 45.7 Å². The number of ketones is 3. The second kappa shape index (κ2) is 37.4. The number of aryl methyl sites for hydroxylation is 3. The van der Waals surface area contributed by atoms with E-state index in [1.165, 1.54) is 41.4 Å². The molecule has 8 aromatic heterocycles. The molecule has 0 radical (unpaired) electrons. The normalized spacial score (nSPS) is 10.9. The van der Waals surface area contributed by atoms with Gasteiger partial charge in [-0.15, -0.1) is 5.10 Å². The third-order valence-electron chi connectivity index (χ3n) is 17.8. The van der Waals surface area contributed by atoms with Crippen LogP contribution in [-0.4, -0.2) is 81.9 Å².